The number of unbranched alkanes of at least 4 members (excludes halogenated alkanes) is 2. The third-order valence-corrected chi connectivity index (χ3v) is 8.62. The summed E-state index contributed by atoms with van der Waals surface area (Å²) in [6.45, 7) is 12.3. The van der Waals surface area contributed by atoms with Crippen LogP contribution >= 0.6 is 0 Å². The van der Waals surface area contributed by atoms with Crippen LogP contribution in [0, 0.1) is 12.3 Å². The second-order valence-corrected chi connectivity index (χ2v) is 11.7. The summed E-state index contributed by atoms with van der Waals surface area (Å²) in [5.41, 5.74) is 0. The Bertz CT molecular complexity index is 498. The van der Waals surface area contributed by atoms with Crippen LogP contribution in [0.4, 0.5) is 0 Å². The summed E-state index contributed by atoms with van der Waals surface area (Å²) in [5.74, 6) is 3.88. The summed E-state index contributed by atoms with van der Waals surface area (Å²) in [6.07, 6.45) is 12.6. The fourth-order valence-electron chi connectivity index (χ4n) is 1.63. The van der Waals surface area contributed by atoms with Crippen molar-refractivity contribution in [1.29, 1.82) is 0 Å². The molecular weight excluding hydrogens is 276 g/mol. The molecule has 0 atom stereocenters. The number of rotatable bonds is 7. The van der Waals surface area contributed by atoms with E-state index in [-0.39, 0.29) is 0 Å². The monoisotopic (exact) mass is 304 g/mol. The van der Waals surface area contributed by atoms with Crippen molar-refractivity contribution < 1.29 is 8.84 Å². The molecule has 0 saturated heterocycles. The predicted octanol–water partition coefficient (Wildman–Crippen LogP) is 5.47. The molecule has 1 aromatic rings. The topological polar surface area (TPSA) is 22.4 Å². The van der Waals surface area contributed by atoms with Gasteiger partial charge in [0.15, 0.2) is 14.1 Å². The van der Waals surface area contributed by atoms with E-state index in [2.05, 4.69) is 45.9 Å². The molecule has 3 heteroatoms. The van der Waals surface area contributed by atoms with E-state index in [1.807, 2.05) is 18.2 Å². The lowest BCUT2D eigenvalue weighted by Crippen LogP contribution is -2.40. The number of allylic oxidation sites excluding steroid dienone is 1. The molecule has 0 aliphatic heterocycles. The molecule has 0 unspecified atom stereocenters. The highest BCUT2D eigenvalue weighted by Crippen LogP contribution is 2.36. The summed E-state index contributed by atoms with van der Waals surface area (Å²) >= 11 is 0. The van der Waals surface area contributed by atoms with Crippen molar-refractivity contribution in [1.82, 2.24) is 0 Å². The Morgan fingerprint density at radius 1 is 1.29 bits per heavy atom. The summed E-state index contributed by atoms with van der Waals surface area (Å²) in [7, 11) is -1.58. The molecule has 21 heavy (non-hydrogen) atoms. The minimum absolute atomic E-state index is 0.293. The fraction of sp³-hybridized carbons (Fsp3) is 0.556. The number of hydrogen-bond donors (Lipinski definition) is 0. The highest BCUT2D eigenvalue weighted by atomic mass is 28.4. The standard InChI is InChI=1S/C18H28O2Si/c1-7-16-13-14-17(20-16)12-10-8-9-11-15-19-21(5,6)18(2,3)4/h1,10,12-14H,8-9,11,15H2,2-6H3. The molecule has 0 amide bonds. The van der Waals surface area contributed by atoms with Crippen molar-refractivity contribution in [2.24, 2.45) is 0 Å². The highest BCUT2D eigenvalue weighted by molar-refractivity contribution is 6.74. The maximum absolute atomic E-state index is 6.15. The van der Waals surface area contributed by atoms with Crippen LogP contribution in [-0.4, -0.2) is 14.9 Å². The van der Waals surface area contributed by atoms with E-state index < -0.39 is 8.32 Å². The van der Waals surface area contributed by atoms with Crippen molar-refractivity contribution in [3.8, 4) is 12.3 Å². The van der Waals surface area contributed by atoms with Crippen LogP contribution in [0.3, 0.4) is 0 Å². The second-order valence-electron chi connectivity index (χ2n) is 6.85. The van der Waals surface area contributed by atoms with Gasteiger partial charge in [-0.15, -0.1) is 6.42 Å². The van der Waals surface area contributed by atoms with Gasteiger partial charge in [-0.25, -0.2) is 0 Å². The van der Waals surface area contributed by atoms with Crippen LogP contribution < -0.4 is 0 Å². The van der Waals surface area contributed by atoms with E-state index in [0.717, 1.165) is 31.6 Å². The molecule has 0 bridgehead atoms. The molecule has 0 aliphatic rings. The lowest BCUT2D eigenvalue weighted by molar-refractivity contribution is 0.279. The van der Waals surface area contributed by atoms with E-state index in [0.29, 0.717) is 10.8 Å². The average Bonchev–Trinajstić information content (AvgIpc) is 2.84. The molecule has 1 rings (SSSR count). The molecule has 0 saturated carbocycles. The average molecular weight is 305 g/mol. The summed E-state index contributed by atoms with van der Waals surface area (Å²) in [6, 6.07) is 3.71. The molecule has 1 aromatic heterocycles. The van der Waals surface area contributed by atoms with Crippen molar-refractivity contribution in [3.63, 3.8) is 0 Å². The molecule has 0 aromatic carbocycles. The number of terminal acetylenes is 1. The molecule has 0 radical (unpaired) electrons. The predicted molar refractivity (Wildman–Crippen MR) is 92.7 cm³/mol. The molecule has 1 heterocycles. The van der Waals surface area contributed by atoms with Gasteiger partial charge in [-0.3, -0.25) is 0 Å². The smallest absolute Gasteiger partial charge is 0.191 e. The zero-order valence-electron chi connectivity index (χ0n) is 14.0. The van der Waals surface area contributed by atoms with Crippen molar-refractivity contribution in [3.05, 3.63) is 29.7 Å². The van der Waals surface area contributed by atoms with Gasteiger partial charge < -0.3 is 8.84 Å². The van der Waals surface area contributed by atoms with Gasteiger partial charge in [0, 0.05) is 6.61 Å². The van der Waals surface area contributed by atoms with Gasteiger partial charge in [0.05, 0.1) is 0 Å². The Kier molecular flexibility index (Phi) is 6.51. The van der Waals surface area contributed by atoms with Gasteiger partial charge in [-0.1, -0.05) is 26.8 Å². The normalized spacial score (nSPS) is 12.8. The van der Waals surface area contributed by atoms with Crippen LogP contribution in [0.5, 0.6) is 0 Å². The third-order valence-electron chi connectivity index (χ3n) is 4.09. The van der Waals surface area contributed by atoms with Crippen LogP contribution in [0.25, 0.3) is 6.08 Å². The Labute approximate surface area is 130 Å². The molecular formula is C18H28O2Si. The van der Waals surface area contributed by atoms with E-state index in [4.69, 9.17) is 15.3 Å². The van der Waals surface area contributed by atoms with Gasteiger partial charge in [0.2, 0.25) is 0 Å². The maximum Gasteiger partial charge on any atom is 0.191 e. The van der Waals surface area contributed by atoms with E-state index in [1.165, 1.54) is 0 Å². The molecule has 0 fully saturated rings. The van der Waals surface area contributed by atoms with Gasteiger partial charge in [-0.05, 0) is 61.5 Å². The summed E-state index contributed by atoms with van der Waals surface area (Å²) < 4.78 is 11.6. The van der Waals surface area contributed by atoms with Gasteiger partial charge in [0.1, 0.15) is 5.76 Å². The third kappa shape index (κ3) is 5.95. The first-order chi connectivity index (χ1) is 9.76. The van der Waals surface area contributed by atoms with Crippen LogP contribution in [0.2, 0.25) is 18.1 Å². The van der Waals surface area contributed by atoms with Crippen molar-refractivity contribution in [2.45, 2.75) is 58.2 Å². The Hall–Kier alpha value is -1.24. The highest BCUT2D eigenvalue weighted by Gasteiger charge is 2.36. The number of hydrogen-bond acceptors (Lipinski definition) is 2. The lowest BCUT2D eigenvalue weighted by atomic mass is 10.2. The Balaban J connectivity index is 2.19. The number of furan rings is 1. The Morgan fingerprint density at radius 2 is 2.00 bits per heavy atom. The molecule has 0 spiro atoms. The Morgan fingerprint density at radius 3 is 2.57 bits per heavy atom. The van der Waals surface area contributed by atoms with Crippen LogP contribution in [0.15, 0.2) is 22.6 Å². The van der Waals surface area contributed by atoms with Gasteiger partial charge in [-0.2, -0.15) is 0 Å². The lowest BCUT2D eigenvalue weighted by Gasteiger charge is -2.36. The molecule has 0 aliphatic carbocycles. The van der Waals surface area contributed by atoms with E-state index >= 15 is 0 Å². The molecule has 116 valence electrons. The van der Waals surface area contributed by atoms with Crippen LogP contribution in [0.1, 0.15) is 51.6 Å². The van der Waals surface area contributed by atoms with E-state index in [9.17, 15) is 0 Å². The second kappa shape index (κ2) is 7.68. The first kappa shape index (κ1) is 17.8. The maximum atomic E-state index is 6.15. The molecule has 0 N–H and O–H groups in total. The van der Waals surface area contributed by atoms with Gasteiger partial charge in [0.25, 0.3) is 0 Å². The van der Waals surface area contributed by atoms with Gasteiger partial charge >= 0.3 is 0 Å². The summed E-state index contributed by atoms with van der Waals surface area (Å²) in [5, 5.41) is 0.293. The van der Waals surface area contributed by atoms with Crippen LogP contribution in [-0.2, 0) is 4.43 Å². The quantitative estimate of drug-likeness (QED) is 0.379. The largest absolute Gasteiger partial charge is 0.448 e. The van der Waals surface area contributed by atoms with Crippen molar-refractivity contribution >= 4 is 14.4 Å². The first-order valence-electron chi connectivity index (χ1n) is 7.63. The minimum atomic E-state index is -1.58. The minimum Gasteiger partial charge on any atom is -0.448 e. The molecule has 2 nitrogen and oxygen atoms in total. The SMILES string of the molecule is C#Cc1ccc(C=CCCCCO[Si](C)(C)C(C)(C)C)o1. The zero-order chi connectivity index (χ0) is 15.9. The summed E-state index contributed by atoms with van der Waals surface area (Å²) in [4.78, 5) is 0. The zero-order valence-corrected chi connectivity index (χ0v) is 15.0. The van der Waals surface area contributed by atoms with Crippen molar-refractivity contribution in [2.75, 3.05) is 6.61 Å². The van der Waals surface area contributed by atoms with E-state index in [1.54, 1.807) is 0 Å². The first-order valence-corrected chi connectivity index (χ1v) is 10.5. The fourth-order valence-corrected chi connectivity index (χ4v) is 2.72.